The first-order valence-corrected chi connectivity index (χ1v) is 17.3. The fourth-order valence-corrected chi connectivity index (χ4v) is 7.59. The summed E-state index contributed by atoms with van der Waals surface area (Å²) in [4.78, 5) is 4.66. The van der Waals surface area contributed by atoms with Gasteiger partial charge < -0.3 is 14.2 Å². The number of anilines is 6. The Kier molecular flexibility index (Phi) is 6.81. The average molecular weight is 653 g/mol. The predicted molar refractivity (Wildman–Crippen MR) is 216 cm³/mol. The molecule has 0 aliphatic rings. The lowest BCUT2D eigenvalue weighted by molar-refractivity contribution is 0.669. The largest absolute Gasteiger partial charge is 0.456 e. The van der Waals surface area contributed by atoms with Gasteiger partial charge in [-0.25, -0.2) is 0 Å². The van der Waals surface area contributed by atoms with E-state index in [1.165, 1.54) is 21.5 Å². The summed E-state index contributed by atoms with van der Waals surface area (Å²) in [6.45, 7) is 0. The fraction of sp³-hybridized carbons (Fsp3) is 0. The van der Waals surface area contributed by atoms with Crippen LogP contribution in [0.3, 0.4) is 0 Å². The van der Waals surface area contributed by atoms with Crippen molar-refractivity contribution in [1.82, 2.24) is 0 Å². The van der Waals surface area contributed by atoms with Crippen LogP contribution in [0.25, 0.3) is 54.3 Å². The summed E-state index contributed by atoms with van der Waals surface area (Å²) in [6.07, 6.45) is 0. The lowest BCUT2D eigenvalue weighted by atomic mass is 10.00. The van der Waals surface area contributed by atoms with Crippen molar-refractivity contribution in [2.75, 3.05) is 9.80 Å². The molecular weight excluding hydrogens is 621 g/mol. The van der Waals surface area contributed by atoms with Crippen LogP contribution in [-0.4, -0.2) is 0 Å². The van der Waals surface area contributed by atoms with Crippen LogP contribution in [-0.2, 0) is 0 Å². The Balaban J connectivity index is 1.18. The molecule has 3 heteroatoms. The van der Waals surface area contributed by atoms with Crippen LogP contribution in [0, 0.1) is 0 Å². The molecule has 0 bridgehead atoms. The van der Waals surface area contributed by atoms with E-state index in [9.17, 15) is 0 Å². The summed E-state index contributed by atoms with van der Waals surface area (Å²) in [5, 5.41) is 9.39. The summed E-state index contributed by atoms with van der Waals surface area (Å²) in [6, 6.07) is 69.1. The van der Waals surface area contributed by atoms with Crippen LogP contribution in [0.5, 0.6) is 0 Å². The topological polar surface area (TPSA) is 19.6 Å². The number of fused-ring (bicyclic) bond motifs is 7. The Hall–Kier alpha value is -6.84. The molecule has 0 radical (unpaired) electrons. The molecule has 10 aromatic rings. The third-order valence-corrected chi connectivity index (χ3v) is 9.95. The SMILES string of the molecule is c1ccc(N(c2ccc3ccccc3c2)c2ccc3c(c2)oc2cc(N(c4ccccc4)c4ccc5ccccc5c4)c4ccccc4c23)cc1. The van der Waals surface area contributed by atoms with Crippen LogP contribution in [0.15, 0.2) is 199 Å². The maximum absolute atomic E-state index is 6.87. The van der Waals surface area contributed by atoms with E-state index >= 15 is 0 Å². The van der Waals surface area contributed by atoms with E-state index in [1.54, 1.807) is 0 Å². The molecule has 1 heterocycles. The number of hydrogen-bond acceptors (Lipinski definition) is 3. The number of benzene rings is 9. The Bertz CT molecular complexity index is 2880. The van der Waals surface area contributed by atoms with Crippen LogP contribution in [0.4, 0.5) is 34.1 Å². The second-order valence-electron chi connectivity index (χ2n) is 13.0. The number of hydrogen-bond donors (Lipinski definition) is 0. The monoisotopic (exact) mass is 652 g/mol. The first-order valence-electron chi connectivity index (χ1n) is 17.3. The molecule has 9 aromatic carbocycles. The predicted octanol–water partition coefficient (Wildman–Crippen LogP) is 14.0. The van der Waals surface area contributed by atoms with Gasteiger partial charge in [-0.1, -0.05) is 121 Å². The van der Waals surface area contributed by atoms with Crippen LogP contribution in [0.1, 0.15) is 0 Å². The molecule has 0 amide bonds. The highest BCUT2D eigenvalue weighted by Crippen LogP contribution is 2.46. The van der Waals surface area contributed by atoms with E-state index in [4.69, 9.17) is 4.42 Å². The van der Waals surface area contributed by atoms with Crippen molar-refractivity contribution in [2.45, 2.75) is 0 Å². The average Bonchev–Trinajstić information content (AvgIpc) is 3.57. The molecule has 1 aromatic heterocycles. The smallest absolute Gasteiger partial charge is 0.138 e. The highest BCUT2D eigenvalue weighted by atomic mass is 16.3. The van der Waals surface area contributed by atoms with Gasteiger partial charge in [-0.3, -0.25) is 0 Å². The van der Waals surface area contributed by atoms with Crippen molar-refractivity contribution < 1.29 is 4.42 Å². The normalized spacial score (nSPS) is 11.5. The van der Waals surface area contributed by atoms with Crippen molar-refractivity contribution in [2.24, 2.45) is 0 Å². The van der Waals surface area contributed by atoms with E-state index in [0.29, 0.717) is 0 Å². The maximum atomic E-state index is 6.87. The van der Waals surface area contributed by atoms with E-state index in [1.807, 2.05) is 0 Å². The zero-order valence-corrected chi connectivity index (χ0v) is 27.8. The molecule has 0 aliphatic carbocycles. The zero-order chi connectivity index (χ0) is 33.7. The standard InChI is InChI=1S/C48H32N2O/c1-3-17-37(18-4-1)49(39-25-23-33-13-7-9-15-35(33)29-39)41-27-28-44-46(31-41)51-47-32-45(42-21-11-12-22-43(42)48(44)47)50(38-19-5-2-6-20-38)40-26-24-34-14-8-10-16-36(34)30-40/h1-32H. The van der Waals surface area contributed by atoms with Gasteiger partial charge in [0.25, 0.3) is 0 Å². The van der Waals surface area contributed by atoms with Crippen molar-refractivity contribution in [3.8, 4) is 0 Å². The molecule has 0 N–H and O–H groups in total. The van der Waals surface area contributed by atoms with Gasteiger partial charge in [-0.05, 0) is 87.6 Å². The van der Waals surface area contributed by atoms with Crippen LogP contribution in [0.2, 0.25) is 0 Å². The molecular formula is C48H32N2O. The first-order chi connectivity index (χ1) is 25.3. The van der Waals surface area contributed by atoms with Crippen molar-refractivity contribution in [1.29, 1.82) is 0 Å². The van der Waals surface area contributed by atoms with E-state index in [-0.39, 0.29) is 0 Å². The van der Waals surface area contributed by atoms with Gasteiger partial charge in [0.15, 0.2) is 0 Å². The third-order valence-electron chi connectivity index (χ3n) is 9.95. The number of furan rings is 1. The molecule has 0 saturated heterocycles. The minimum absolute atomic E-state index is 0.850. The molecule has 240 valence electrons. The van der Waals surface area contributed by atoms with Crippen LogP contribution >= 0.6 is 0 Å². The lowest BCUT2D eigenvalue weighted by Crippen LogP contribution is -2.10. The van der Waals surface area contributed by atoms with Gasteiger partial charge in [-0.2, -0.15) is 0 Å². The molecule has 10 rings (SSSR count). The lowest BCUT2D eigenvalue weighted by Gasteiger charge is -2.27. The second-order valence-corrected chi connectivity index (χ2v) is 13.0. The van der Waals surface area contributed by atoms with Gasteiger partial charge in [0.2, 0.25) is 0 Å². The number of rotatable bonds is 6. The highest BCUT2D eigenvalue weighted by molar-refractivity contribution is 6.23. The van der Waals surface area contributed by atoms with Gasteiger partial charge in [0.05, 0.1) is 5.69 Å². The number of para-hydroxylation sites is 2. The summed E-state index contributed by atoms with van der Waals surface area (Å²) in [5.41, 5.74) is 8.18. The Morgan fingerprint density at radius 1 is 0.294 bits per heavy atom. The van der Waals surface area contributed by atoms with E-state index in [2.05, 4.69) is 204 Å². The molecule has 3 nitrogen and oxygen atoms in total. The van der Waals surface area contributed by atoms with Gasteiger partial charge in [-0.15, -0.1) is 0 Å². The summed E-state index contributed by atoms with van der Waals surface area (Å²) in [7, 11) is 0. The van der Waals surface area contributed by atoms with Crippen LogP contribution < -0.4 is 9.80 Å². The Morgan fingerprint density at radius 2 is 0.784 bits per heavy atom. The minimum Gasteiger partial charge on any atom is -0.456 e. The minimum atomic E-state index is 0.850. The molecule has 0 atom stereocenters. The van der Waals surface area contributed by atoms with Crippen molar-refractivity contribution in [3.63, 3.8) is 0 Å². The summed E-state index contributed by atoms with van der Waals surface area (Å²) in [5.74, 6) is 0. The quantitative estimate of drug-likeness (QED) is 0.178. The molecule has 0 unspecified atom stereocenters. The fourth-order valence-electron chi connectivity index (χ4n) is 7.59. The summed E-state index contributed by atoms with van der Waals surface area (Å²) < 4.78 is 6.87. The van der Waals surface area contributed by atoms with Crippen molar-refractivity contribution in [3.05, 3.63) is 194 Å². The molecule has 0 aliphatic heterocycles. The third kappa shape index (κ3) is 4.98. The van der Waals surface area contributed by atoms with E-state index in [0.717, 1.165) is 66.8 Å². The highest BCUT2D eigenvalue weighted by Gasteiger charge is 2.21. The van der Waals surface area contributed by atoms with Crippen molar-refractivity contribution >= 4 is 88.4 Å². The Labute approximate surface area is 295 Å². The molecule has 0 spiro atoms. The number of nitrogens with zero attached hydrogens (tertiary/aromatic N) is 2. The molecule has 0 fully saturated rings. The second kappa shape index (κ2) is 11.9. The van der Waals surface area contributed by atoms with Gasteiger partial charge >= 0.3 is 0 Å². The zero-order valence-electron chi connectivity index (χ0n) is 27.8. The first kappa shape index (κ1) is 29.1. The van der Waals surface area contributed by atoms with Gasteiger partial charge in [0.1, 0.15) is 11.2 Å². The Morgan fingerprint density at radius 3 is 1.43 bits per heavy atom. The van der Waals surface area contributed by atoms with E-state index < -0.39 is 0 Å². The summed E-state index contributed by atoms with van der Waals surface area (Å²) >= 11 is 0. The molecule has 0 saturated carbocycles. The molecule has 51 heavy (non-hydrogen) atoms. The maximum Gasteiger partial charge on any atom is 0.138 e. The van der Waals surface area contributed by atoms with Gasteiger partial charge in [0, 0.05) is 56.7 Å².